The Morgan fingerprint density at radius 1 is 1.22 bits per heavy atom. The summed E-state index contributed by atoms with van der Waals surface area (Å²) in [5.74, 6) is 0. The summed E-state index contributed by atoms with van der Waals surface area (Å²) in [6, 6.07) is 0. The maximum Gasteiger partial charge on any atom is 0.410 e. The maximum absolute atomic E-state index is 11.5. The van der Waals surface area contributed by atoms with E-state index in [1.165, 1.54) is 43.2 Å². The summed E-state index contributed by atoms with van der Waals surface area (Å²) in [5, 5.41) is 3.44. The van der Waals surface area contributed by atoms with Gasteiger partial charge in [-0.25, -0.2) is 15.7 Å². The van der Waals surface area contributed by atoms with Gasteiger partial charge in [-0.1, -0.05) is 19.3 Å². The van der Waals surface area contributed by atoms with Crippen LogP contribution >= 0.6 is 10.9 Å². The van der Waals surface area contributed by atoms with Crippen molar-refractivity contribution in [3.05, 3.63) is 23.4 Å². The van der Waals surface area contributed by atoms with E-state index in [0.29, 0.717) is 6.61 Å². The molecule has 1 aromatic rings. The third-order valence-electron chi connectivity index (χ3n) is 5.34. The number of hydrogen-bond acceptors (Lipinski definition) is 2. The molecule has 1 aromatic heterocycles. The number of fused-ring (bicyclic) bond motifs is 1. The van der Waals surface area contributed by atoms with Crippen molar-refractivity contribution in [1.29, 1.82) is 0 Å². The Kier molecular flexibility index (Phi) is 4.14. The van der Waals surface area contributed by atoms with Gasteiger partial charge in [0.05, 0.1) is 6.54 Å². The highest BCUT2D eigenvalue weighted by molar-refractivity contribution is 8.20. The van der Waals surface area contributed by atoms with E-state index >= 15 is 0 Å². The number of carbonyl (C=O) groups excluding carboxylic acids is 1. The van der Waals surface area contributed by atoms with E-state index in [2.05, 4.69) is 29.3 Å². The molecule has 0 N–H and O–H groups in total. The summed E-state index contributed by atoms with van der Waals surface area (Å²) in [6.45, 7) is 5.13. The van der Waals surface area contributed by atoms with Crippen LogP contribution in [0.1, 0.15) is 44.6 Å². The van der Waals surface area contributed by atoms with Gasteiger partial charge in [0, 0.05) is 35.9 Å². The fourth-order valence-corrected chi connectivity index (χ4v) is 7.02. The van der Waals surface area contributed by atoms with Gasteiger partial charge in [0.25, 0.3) is 0 Å². The molecule has 1 aliphatic carbocycles. The molecule has 1 saturated carbocycles. The number of aromatic nitrogens is 1. The molecule has 0 radical (unpaired) electrons. The Balaban J connectivity index is 1.47. The lowest BCUT2D eigenvalue weighted by molar-refractivity contribution is 0.157. The molecule has 0 spiro atoms. The molecule has 1 atom stereocenters. The van der Waals surface area contributed by atoms with Crippen LogP contribution in [0.4, 0.5) is 4.79 Å². The second-order valence-corrected chi connectivity index (χ2v) is 9.19. The molecule has 0 aromatic carbocycles. The highest BCUT2D eigenvalue weighted by Crippen LogP contribution is 2.56. The van der Waals surface area contributed by atoms with Gasteiger partial charge in [0.2, 0.25) is 0 Å². The summed E-state index contributed by atoms with van der Waals surface area (Å²) in [7, 11) is -0.116. The number of hydrogen-bond donors (Lipinski definition) is 1. The molecule has 0 bridgehead atoms. The fourth-order valence-electron chi connectivity index (χ4n) is 4.01. The normalized spacial score (nSPS) is 26.3. The average molecular weight is 334 g/mol. The van der Waals surface area contributed by atoms with Crippen LogP contribution in [0.25, 0.3) is 5.57 Å². The van der Waals surface area contributed by atoms with E-state index in [4.69, 9.17) is 4.74 Å². The first-order valence-electron chi connectivity index (χ1n) is 8.81. The molecule has 1 unspecified atom stereocenters. The quantitative estimate of drug-likeness (QED) is 0.844. The zero-order valence-corrected chi connectivity index (χ0v) is 14.7. The minimum Gasteiger partial charge on any atom is -0.448 e. The number of allylic oxidation sites excluding steroid dienone is 1. The van der Waals surface area contributed by atoms with Crippen molar-refractivity contribution >= 4 is 22.6 Å². The smallest absolute Gasteiger partial charge is 0.410 e. The van der Waals surface area contributed by atoms with E-state index < -0.39 is 0 Å². The van der Waals surface area contributed by atoms with E-state index in [0.717, 1.165) is 24.9 Å². The predicted octanol–water partition coefficient (Wildman–Crippen LogP) is 4.01. The maximum atomic E-state index is 11.5. The summed E-state index contributed by atoms with van der Waals surface area (Å²) in [6.07, 6.45) is 11.5. The summed E-state index contributed by atoms with van der Waals surface area (Å²) < 4.78 is 7.28. The summed E-state index contributed by atoms with van der Waals surface area (Å²) in [4.78, 5) is 14.9. The first-order chi connectivity index (χ1) is 11.2. The van der Waals surface area contributed by atoms with Gasteiger partial charge < -0.3 is 14.2 Å². The van der Waals surface area contributed by atoms with Crippen LogP contribution in [-0.4, -0.2) is 40.5 Å². The van der Waals surface area contributed by atoms with Crippen molar-refractivity contribution < 1.29 is 9.53 Å². The van der Waals surface area contributed by atoms with E-state index in [1.54, 1.807) is 9.80 Å². The van der Waals surface area contributed by atoms with Gasteiger partial charge in [-0.2, -0.15) is 0 Å². The van der Waals surface area contributed by atoms with Crippen molar-refractivity contribution in [2.75, 3.05) is 19.7 Å². The summed E-state index contributed by atoms with van der Waals surface area (Å²) >= 11 is 0. The molecule has 4 rings (SSSR count). The number of rotatable bonds is 4. The summed E-state index contributed by atoms with van der Waals surface area (Å²) in [5.41, 5.74) is 2.90. The van der Waals surface area contributed by atoms with E-state index in [9.17, 15) is 4.79 Å². The Morgan fingerprint density at radius 2 is 2.04 bits per heavy atom. The minimum absolute atomic E-state index is 0.116. The Labute approximate surface area is 140 Å². The Bertz CT molecular complexity index is 631. The number of cyclic esters (lactones) is 1. The van der Waals surface area contributed by atoms with E-state index in [1.807, 2.05) is 0 Å². The number of thiol groups is 1. The van der Waals surface area contributed by atoms with Crippen LogP contribution < -0.4 is 0 Å². The van der Waals surface area contributed by atoms with Crippen molar-refractivity contribution in [3.63, 3.8) is 0 Å². The number of amides is 1. The molecule has 126 valence electrons. The predicted molar refractivity (Wildman–Crippen MR) is 95.1 cm³/mol. The Morgan fingerprint density at radius 3 is 2.78 bits per heavy atom. The van der Waals surface area contributed by atoms with Crippen molar-refractivity contribution in [3.8, 4) is 0 Å². The lowest BCUT2D eigenvalue weighted by atomic mass is 10.0. The number of nitrogens with zero attached hydrogens (tertiary/aromatic N) is 2. The average Bonchev–Trinajstić information content (AvgIpc) is 3.23. The zero-order chi connectivity index (χ0) is 15.8. The van der Waals surface area contributed by atoms with Gasteiger partial charge in [-0.15, -0.1) is 0 Å². The van der Waals surface area contributed by atoms with Crippen LogP contribution in [0.3, 0.4) is 0 Å². The van der Waals surface area contributed by atoms with Gasteiger partial charge in [-0.05, 0) is 36.0 Å². The van der Waals surface area contributed by atoms with Crippen molar-refractivity contribution in [2.45, 2.75) is 55.7 Å². The first kappa shape index (κ1) is 15.2. The highest BCUT2D eigenvalue weighted by atomic mass is 32.2. The second kappa shape index (κ2) is 6.27. The van der Waals surface area contributed by atoms with Crippen LogP contribution in [0, 0.1) is 0 Å². The lowest BCUT2D eigenvalue weighted by Crippen LogP contribution is -2.27. The molecule has 2 aliphatic heterocycles. The molecule has 2 fully saturated rings. The molecule has 3 heterocycles. The molecular formula is C18H26N2O2S. The third kappa shape index (κ3) is 2.91. The lowest BCUT2D eigenvalue weighted by Gasteiger charge is -2.29. The molecule has 23 heavy (non-hydrogen) atoms. The standard InChI is InChI=1S/C18H26N2O2S/c1-14-13-23(15-5-3-2-4-6-15)17-12-19(11-16(14)17)7-8-20-9-10-22-18(20)21/h11-13,15,23H,2-10H2,1H3. The monoisotopic (exact) mass is 334 g/mol. The molecular weight excluding hydrogens is 308 g/mol. The zero-order valence-electron chi connectivity index (χ0n) is 13.8. The first-order valence-corrected chi connectivity index (χ1v) is 10.3. The van der Waals surface area contributed by atoms with Crippen LogP contribution in [0.2, 0.25) is 0 Å². The Hall–Kier alpha value is -1.36. The molecule has 1 amide bonds. The van der Waals surface area contributed by atoms with Crippen LogP contribution in [0.5, 0.6) is 0 Å². The van der Waals surface area contributed by atoms with Gasteiger partial charge >= 0.3 is 6.09 Å². The van der Waals surface area contributed by atoms with Gasteiger partial charge in [-0.3, -0.25) is 0 Å². The molecule has 3 aliphatic rings. The van der Waals surface area contributed by atoms with Gasteiger partial charge in [0.15, 0.2) is 0 Å². The second-order valence-electron chi connectivity index (χ2n) is 6.91. The number of ether oxygens (including phenoxy) is 1. The van der Waals surface area contributed by atoms with E-state index in [-0.39, 0.29) is 17.0 Å². The molecule has 4 nitrogen and oxygen atoms in total. The van der Waals surface area contributed by atoms with Gasteiger partial charge in [0.1, 0.15) is 6.61 Å². The van der Waals surface area contributed by atoms with Crippen LogP contribution in [-0.2, 0) is 11.3 Å². The third-order valence-corrected chi connectivity index (χ3v) is 8.22. The van der Waals surface area contributed by atoms with Crippen molar-refractivity contribution in [2.24, 2.45) is 0 Å². The fraction of sp³-hybridized carbons (Fsp3) is 0.611. The van der Waals surface area contributed by atoms with Crippen molar-refractivity contribution in [1.82, 2.24) is 9.47 Å². The highest BCUT2D eigenvalue weighted by Gasteiger charge is 2.28. The molecule has 1 saturated heterocycles. The largest absolute Gasteiger partial charge is 0.448 e. The number of carbonyl (C=O) groups is 1. The minimum atomic E-state index is -0.162. The molecule has 5 heteroatoms. The van der Waals surface area contributed by atoms with Crippen LogP contribution in [0.15, 0.2) is 22.7 Å². The topological polar surface area (TPSA) is 34.5 Å². The SMILES string of the molecule is CC1=C[SH](C2CCCCC2)c2cn(CCN3CCOC3=O)cc21.